The van der Waals surface area contributed by atoms with E-state index >= 15 is 0 Å². The summed E-state index contributed by atoms with van der Waals surface area (Å²) < 4.78 is 5.71. The molecule has 0 heterocycles. The third-order valence-electron chi connectivity index (χ3n) is 3.42. The highest BCUT2D eigenvalue weighted by molar-refractivity contribution is 5.80. The summed E-state index contributed by atoms with van der Waals surface area (Å²) in [6, 6.07) is 0.370. The molecule has 0 aromatic heterocycles. The van der Waals surface area contributed by atoms with Crippen molar-refractivity contribution in [2.45, 2.75) is 50.7 Å². The van der Waals surface area contributed by atoms with Gasteiger partial charge < -0.3 is 15.8 Å². The van der Waals surface area contributed by atoms with Gasteiger partial charge in [0, 0.05) is 18.5 Å². The molecule has 0 atom stereocenters. The van der Waals surface area contributed by atoms with Gasteiger partial charge in [0.15, 0.2) is 0 Å². The van der Waals surface area contributed by atoms with Gasteiger partial charge in [0.1, 0.15) is 0 Å². The SMILES string of the molecule is NC1CCC(OCCNC(=O)C2CC2)CC1. The quantitative estimate of drug-likeness (QED) is 0.681. The Balaban J connectivity index is 1.49. The van der Waals surface area contributed by atoms with E-state index in [0.717, 1.165) is 38.5 Å². The van der Waals surface area contributed by atoms with E-state index in [0.29, 0.717) is 31.2 Å². The maximum Gasteiger partial charge on any atom is 0.223 e. The second kappa shape index (κ2) is 5.64. The first-order valence-electron chi connectivity index (χ1n) is 6.40. The van der Waals surface area contributed by atoms with Gasteiger partial charge in [-0.15, -0.1) is 0 Å². The number of rotatable bonds is 5. The van der Waals surface area contributed by atoms with Gasteiger partial charge in [-0.25, -0.2) is 0 Å². The van der Waals surface area contributed by atoms with Crippen molar-refractivity contribution in [3.8, 4) is 0 Å². The number of amides is 1. The van der Waals surface area contributed by atoms with Crippen LogP contribution in [0.25, 0.3) is 0 Å². The van der Waals surface area contributed by atoms with Gasteiger partial charge >= 0.3 is 0 Å². The molecular formula is C12H22N2O2. The molecule has 2 rings (SSSR count). The van der Waals surface area contributed by atoms with Crippen molar-refractivity contribution in [1.29, 1.82) is 0 Å². The fraction of sp³-hybridized carbons (Fsp3) is 0.917. The molecule has 0 spiro atoms. The lowest BCUT2D eigenvalue weighted by Crippen LogP contribution is -2.33. The van der Waals surface area contributed by atoms with Crippen molar-refractivity contribution >= 4 is 5.91 Å². The number of carbonyl (C=O) groups excluding carboxylic acids is 1. The van der Waals surface area contributed by atoms with Crippen LogP contribution in [-0.2, 0) is 9.53 Å². The van der Waals surface area contributed by atoms with Crippen molar-refractivity contribution in [3.05, 3.63) is 0 Å². The van der Waals surface area contributed by atoms with Crippen LogP contribution in [-0.4, -0.2) is 31.2 Å². The van der Waals surface area contributed by atoms with Crippen LogP contribution in [0.3, 0.4) is 0 Å². The molecule has 2 aliphatic rings. The van der Waals surface area contributed by atoms with Crippen molar-refractivity contribution in [2.75, 3.05) is 13.2 Å². The molecule has 4 nitrogen and oxygen atoms in total. The summed E-state index contributed by atoms with van der Waals surface area (Å²) in [7, 11) is 0. The Bertz CT molecular complexity index is 233. The van der Waals surface area contributed by atoms with Crippen LogP contribution in [0.2, 0.25) is 0 Å². The predicted molar refractivity (Wildman–Crippen MR) is 61.9 cm³/mol. The number of ether oxygens (including phenoxy) is 1. The highest BCUT2D eigenvalue weighted by Crippen LogP contribution is 2.28. The topological polar surface area (TPSA) is 64.3 Å². The lowest BCUT2D eigenvalue weighted by atomic mass is 9.94. The number of hydrogen-bond acceptors (Lipinski definition) is 3. The summed E-state index contributed by atoms with van der Waals surface area (Å²) in [6.07, 6.45) is 6.76. The van der Waals surface area contributed by atoms with Crippen molar-refractivity contribution in [2.24, 2.45) is 11.7 Å². The van der Waals surface area contributed by atoms with Gasteiger partial charge in [-0.1, -0.05) is 0 Å². The number of nitrogens with one attached hydrogen (secondary N) is 1. The minimum atomic E-state index is 0.203. The molecule has 0 aromatic carbocycles. The molecule has 0 aromatic rings. The van der Waals surface area contributed by atoms with E-state index in [9.17, 15) is 4.79 Å². The van der Waals surface area contributed by atoms with Gasteiger partial charge in [0.05, 0.1) is 12.7 Å². The molecule has 0 bridgehead atoms. The normalized spacial score (nSPS) is 30.1. The molecule has 92 valence electrons. The molecule has 0 unspecified atom stereocenters. The van der Waals surface area contributed by atoms with Crippen LogP contribution in [0.5, 0.6) is 0 Å². The summed E-state index contributed by atoms with van der Waals surface area (Å²) in [6.45, 7) is 1.29. The lowest BCUT2D eigenvalue weighted by molar-refractivity contribution is -0.122. The lowest BCUT2D eigenvalue weighted by Gasteiger charge is -2.26. The first-order valence-corrected chi connectivity index (χ1v) is 6.40. The molecule has 1 amide bonds. The average molecular weight is 226 g/mol. The minimum absolute atomic E-state index is 0.203. The molecule has 2 aliphatic carbocycles. The standard InChI is InChI=1S/C12H22N2O2/c13-10-3-5-11(6-4-10)16-8-7-14-12(15)9-1-2-9/h9-11H,1-8,13H2,(H,14,15). The minimum Gasteiger partial charge on any atom is -0.376 e. The second-order valence-electron chi connectivity index (χ2n) is 4.97. The molecule has 2 saturated carbocycles. The van der Waals surface area contributed by atoms with E-state index in [-0.39, 0.29) is 5.91 Å². The summed E-state index contributed by atoms with van der Waals surface area (Å²) in [5.74, 6) is 0.502. The maximum atomic E-state index is 11.3. The zero-order valence-electron chi connectivity index (χ0n) is 9.78. The monoisotopic (exact) mass is 226 g/mol. The van der Waals surface area contributed by atoms with Crippen molar-refractivity contribution in [1.82, 2.24) is 5.32 Å². The zero-order chi connectivity index (χ0) is 11.4. The number of nitrogens with two attached hydrogens (primary N) is 1. The fourth-order valence-electron chi connectivity index (χ4n) is 2.14. The smallest absolute Gasteiger partial charge is 0.223 e. The first-order chi connectivity index (χ1) is 7.75. The van der Waals surface area contributed by atoms with Crippen LogP contribution >= 0.6 is 0 Å². The Morgan fingerprint density at radius 3 is 2.50 bits per heavy atom. The van der Waals surface area contributed by atoms with Gasteiger partial charge in [0.2, 0.25) is 5.91 Å². The van der Waals surface area contributed by atoms with Gasteiger partial charge in [-0.2, -0.15) is 0 Å². The fourth-order valence-corrected chi connectivity index (χ4v) is 2.14. The van der Waals surface area contributed by atoms with E-state index in [1.54, 1.807) is 0 Å². The Morgan fingerprint density at radius 2 is 1.88 bits per heavy atom. The van der Waals surface area contributed by atoms with Crippen LogP contribution in [0, 0.1) is 5.92 Å². The molecule has 4 heteroatoms. The number of hydrogen-bond donors (Lipinski definition) is 2. The third-order valence-corrected chi connectivity index (χ3v) is 3.42. The molecule has 16 heavy (non-hydrogen) atoms. The van der Waals surface area contributed by atoms with Crippen LogP contribution in [0.4, 0.5) is 0 Å². The first kappa shape index (κ1) is 11.9. The van der Waals surface area contributed by atoms with Crippen LogP contribution in [0.1, 0.15) is 38.5 Å². The molecule has 0 saturated heterocycles. The van der Waals surface area contributed by atoms with E-state index in [1.165, 1.54) is 0 Å². The van der Waals surface area contributed by atoms with Gasteiger partial charge in [0.25, 0.3) is 0 Å². The molecule has 0 aliphatic heterocycles. The Kier molecular flexibility index (Phi) is 4.18. The van der Waals surface area contributed by atoms with E-state index in [1.807, 2.05) is 0 Å². The molecule has 3 N–H and O–H groups in total. The van der Waals surface area contributed by atoms with Crippen LogP contribution in [0.15, 0.2) is 0 Å². The highest BCUT2D eigenvalue weighted by atomic mass is 16.5. The second-order valence-corrected chi connectivity index (χ2v) is 4.97. The highest BCUT2D eigenvalue weighted by Gasteiger charge is 2.29. The van der Waals surface area contributed by atoms with E-state index in [2.05, 4.69) is 5.32 Å². The summed E-state index contributed by atoms with van der Waals surface area (Å²) in [5, 5.41) is 2.90. The van der Waals surface area contributed by atoms with E-state index in [4.69, 9.17) is 10.5 Å². The summed E-state index contributed by atoms with van der Waals surface area (Å²) >= 11 is 0. The van der Waals surface area contributed by atoms with E-state index < -0.39 is 0 Å². The third kappa shape index (κ3) is 3.76. The number of carbonyl (C=O) groups is 1. The van der Waals surface area contributed by atoms with Gasteiger partial charge in [-0.3, -0.25) is 4.79 Å². The van der Waals surface area contributed by atoms with Gasteiger partial charge in [-0.05, 0) is 38.5 Å². The largest absolute Gasteiger partial charge is 0.376 e. The average Bonchev–Trinajstić information content (AvgIpc) is 3.10. The maximum absolute atomic E-state index is 11.3. The van der Waals surface area contributed by atoms with Crippen LogP contribution < -0.4 is 11.1 Å². The predicted octanol–water partition coefficient (Wildman–Crippen LogP) is 0.799. The summed E-state index contributed by atoms with van der Waals surface area (Å²) in [5.41, 5.74) is 5.82. The van der Waals surface area contributed by atoms with Crippen molar-refractivity contribution < 1.29 is 9.53 Å². The van der Waals surface area contributed by atoms with Crippen molar-refractivity contribution in [3.63, 3.8) is 0 Å². The zero-order valence-corrected chi connectivity index (χ0v) is 9.78. The Hall–Kier alpha value is -0.610. The molecule has 2 fully saturated rings. The Morgan fingerprint density at radius 1 is 1.19 bits per heavy atom. The summed E-state index contributed by atoms with van der Waals surface area (Å²) in [4.78, 5) is 11.3. The Labute approximate surface area is 96.9 Å². The molecule has 0 radical (unpaired) electrons. The molecular weight excluding hydrogens is 204 g/mol.